The number of hydrogen-bond acceptors (Lipinski definition) is 6. The summed E-state index contributed by atoms with van der Waals surface area (Å²) in [6, 6.07) is -0.560. The average Bonchev–Trinajstić information content (AvgIpc) is 3.11. The lowest BCUT2D eigenvalue weighted by atomic mass is 9.79. The van der Waals surface area contributed by atoms with Crippen LogP contribution in [0, 0.1) is 11.3 Å². The summed E-state index contributed by atoms with van der Waals surface area (Å²) in [5, 5.41) is 13.8. The molecule has 0 saturated heterocycles. The highest BCUT2D eigenvalue weighted by atomic mass is 33.1. The van der Waals surface area contributed by atoms with Crippen LogP contribution in [0.2, 0.25) is 0 Å². The van der Waals surface area contributed by atoms with Gasteiger partial charge >= 0.3 is 0 Å². The van der Waals surface area contributed by atoms with E-state index in [1.807, 2.05) is 0 Å². The van der Waals surface area contributed by atoms with E-state index in [4.69, 9.17) is 0 Å². The van der Waals surface area contributed by atoms with Crippen LogP contribution in [0.25, 0.3) is 0 Å². The standard InChI is InChI=1S/C43H86N4O3S2/c1-12-20-26-35(24-16-5)34(9)44-37(39(48)45-36(25-17-6)27-21-13-2)32-51-52-33-38(40(49)47-43(11,29-19-8)31-23-15-4)46-41(50)42(10,28-18-7)30-22-14-3/h34-38,44H,12-33H2,1-11H3,(H,45,48)(H,46,50)(H,47,49). The summed E-state index contributed by atoms with van der Waals surface area (Å²) in [5.41, 5.74) is -0.806. The van der Waals surface area contributed by atoms with Crippen LogP contribution >= 0.6 is 21.6 Å². The van der Waals surface area contributed by atoms with E-state index in [0.29, 0.717) is 17.4 Å². The highest BCUT2D eigenvalue weighted by Gasteiger charge is 2.36. The molecule has 0 bridgehead atoms. The summed E-state index contributed by atoms with van der Waals surface area (Å²) in [7, 11) is 3.24. The zero-order valence-electron chi connectivity index (χ0n) is 36.0. The van der Waals surface area contributed by atoms with Gasteiger partial charge in [0.1, 0.15) is 6.04 Å². The smallest absolute Gasteiger partial charge is 0.243 e. The van der Waals surface area contributed by atoms with Crippen molar-refractivity contribution < 1.29 is 14.4 Å². The Morgan fingerprint density at radius 3 is 1.67 bits per heavy atom. The van der Waals surface area contributed by atoms with Crippen molar-refractivity contribution in [3.05, 3.63) is 0 Å². The number of unbranched alkanes of at least 4 members (excludes halogenated alkanes) is 4. The van der Waals surface area contributed by atoms with E-state index in [1.165, 1.54) is 19.3 Å². The van der Waals surface area contributed by atoms with Crippen molar-refractivity contribution in [1.82, 2.24) is 21.3 Å². The van der Waals surface area contributed by atoms with Crippen LogP contribution in [0.1, 0.15) is 205 Å². The van der Waals surface area contributed by atoms with E-state index in [9.17, 15) is 14.4 Å². The molecule has 0 radical (unpaired) electrons. The molecule has 52 heavy (non-hydrogen) atoms. The van der Waals surface area contributed by atoms with Crippen molar-refractivity contribution in [3.63, 3.8) is 0 Å². The quantitative estimate of drug-likeness (QED) is 0.0384. The Labute approximate surface area is 330 Å². The first-order valence-electron chi connectivity index (χ1n) is 21.8. The number of hydrogen-bond donors (Lipinski definition) is 4. The van der Waals surface area contributed by atoms with E-state index < -0.39 is 11.5 Å². The van der Waals surface area contributed by atoms with Crippen LogP contribution in [0.15, 0.2) is 0 Å². The Bertz CT molecular complexity index is 940. The fourth-order valence-electron chi connectivity index (χ4n) is 7.50. The first-order chi connectivity index (χ1) is 24.8. The van der Waals surface area contributed by atoms with E-state index in [1.54, 1.807) is 21.6 Å². The van der Waals surface area contributed by atoms with Crippen LogP contribution in [-0.2, 0) is 14.4 Å². The summed E-state index contributed by atoms with van der Waals surface area (Å²) >= 11 is 0. The topological polar surface area (TPSA) is 99.3 Å². The maximum absolute atomic E-state index is 14.1. The van der Waals surface area contributed by atoms with Gasteiger partial charge in [0, 0.05) is 34.5 Å². The molecule has 3 amide bonds. The zero-order valence-corrected chi connectivity index (χ0v) is 37.6. The Hall–Kier alpha value is -0.930. The minimum atomic E-state index is -0.647. The third kappa shape index (κ3) is 21.2. The normalized spacial score (nSPS) is 16.9. The second-order valence-electron chi connectivity index (χ2n) is 16.2. The molecule has 7 unspecified atom stereocenters. The zero-order chi connectivity index (χ0) is 39.4. The molecular weight excluding hydrogens is 685 g/mol. The molecule has 7 nitrogen and oxygen atoms in total. The lowest BCUT2D eigenvalue weighted by molar-refractivity contribution is -0.135. The largest absolute Gasteiger partial charge is 0.352 e. The van der Waals surface area contributed by atoms with Crippen LogP contribution in [-0.4, -0.2) is 58.9 Å². The average molecular weight is 771 g/mol. The molecule has 4 N–H and O–H groups in total. The van der Waals surface area contributed by atoms with Crippen molar-refractivity contribution in [2.45, 2.75) is 234 Å². The van der Waals surface area contributed by atoms with E-state index in [-0.39, 0.29) is 41.4 Å². The highest BCUT2D eigenvalue weighted by molar-refractivity contribution is 8.76. The molecule has 0 aliphatic rings. The molecule has 0 saturated carbocycles. The van der Waals surface area contributed by atoms with Gasteiger partial charge in [0.15, 0.2) is 0 Å². The van der Waals surface area contributed by atoms with E-state index in [0.717, 1.165) is 109 Å². The second kappa shape index (κ2) is 30.3. The highest BCUT2D eigenvalue weighted by Crippen LogP contribution is 2.32. The fraction of sp³-hybridized carbons (Fsp3) is 0.930. The summed E-state index contributed by atoms with van der Waals surface area (Å²) < 4.78 is 0. The molecule has 0 spiro atoms. The van der Waals surface area contributed by atoms with Crippen LogP contribution in [0.4, 0.5) is 0 Å². The van der Waals surface area contributed by atoms with Gasteiger partial charge in [0.25, 0.3) is 0 Å². The van der Waals surface area contributed by atoms with Gasteiger partial charge in [0.2, 0.25) is 17.7 Å². The number of carbonyl (C=O) groups is 3. The van der Waals surface area contributed by atoms with Gasteiger partial charge in [-0.05, 0) is 71.1 Å². The molecule has 0 rings (SSSR count). The molecule has 0 aromatic carbocycles. The first-order valence-corrected chi connectivity index (χ1v) is 24.3. The van der Waals surface area contributed by atoms with Crippen LogP contribution in [0.3, 0.4) is 0 Å². The van der Waals surface area contributed by atoms with Crippen molar-refractivity contribution in [2.24, 2.45) is 11.3 Å². The van der Waals surface area contributed by atoms with Crippen LogP contribution in [0.5, 0.6) is 0 Å². The minimum absolute atomic E-state index is 0.0184. The second-order valence-corrected chi connectivity index (χ2v) is 18.8. The monoisotopic (exact) mass is 771 g/mol. The molecule has 0 aromatic heterocycles. The Morgan fingerprint density at radius 1 is 0.558 bits per heavy atom. The van der Waals surface area contributed by atoms with Gasteiger partial charge in [-0.2, -0.15) is 0 Å². The molecule has 9 heteroatoms. The molecule has 0 aliphatic heterocycles. The lowest BCUT2D eigenvalue weighted by Gasteiger charge is -2.34. The van der Waals surface area contributed by atoms with E-state index in [2.05, 4.69) is 97.4 Å². The Morgan fingerprint density at radius 2 is 1.12 bits per heavy atom. The van der Waals surface area contributed by atoms with Gasteiger partial charge in [-0.3, -0.25) is 14.4 Å². The molecule has 0 aliphatic carbocycles. The summed E-state index contributed by atoms with van der Waals surface area (Å²) in [5.74, 6) is 1.54. The maximum atomic E-state index is 14.1. The summed E-state index contributed by atoms with van der Waals surface area (Å²) in [6.45, 7) is 24.0. The van der Waals surface area contributed by atoms with Crippen molar-refractivity contribution in [3.8, 4) is 0 Å². The molecule has 0 aromatic rings. The third-order valence-corrected chi connectivity index (χ3v) is 13.3. The Balaban J connectivity index is 6.18. The number of nitrogens with one attached hydrogen (secondary N) is 4. The number of rotatable bonds is 34. The molecule has 7 atom stereocenters. The van der Waals surface area contributed by atoms with Gasteiger partial charge in [-0.25, -0.2) is 0 Å². The summed E-state index contributed by atoms with van der Waals surface area (Å²) in [4.78, 5) is 42.0. The molecular formula is C43H86N4O3S2. The van der Waals surface area contributed by atoms with Crippen molar-refractivity contribution in [2.75, 3.05) is 11.5 Å². The van der Waals surface area contributed by atoms with Gasteiger partial charge in [0.05, 0.1) is 6.04 Å². The predicted octanol–water partition coefficient (Wildman–Crippen LogP) is 11.1. The van der Waals surface area contributed by atoms with Crippen molar-refractivity contribution >= 4 is 39.3 Å². The predicted molar refractivity (Wildman–Crippen MR) is 231 cm³/mol. The SMILES string of the molecule is CCCCC(CCC)NC(=O)C(CSSCC(NC(=O)C(C)(CCC)CCCC)C(=O)NC(C)(CCC)CCCC)NC(C)C(CCC)CCCC. The van der Waals surface area contributed by atoms with E-state index >= 15 is 0 Å². The third-order valence-electron chi connectivity index (χ3n) is 10.9. The lowest BCUT2D eigenvalue weighted by Crippen LogP contribution is -2.57. The molecule has 308 valence electrons. The minimum Gasteiger partial charge on any atom is -0.352 e. The fourth-order valence-corrected chi connectivity index (χ4v) is 9.84. The van der Waals surface area contributed by atoms with Gasteiger partial charge in [-0.1, -0.05) is 161 Å². The van der Waals surface area contributed by atoms with Gasteiger partial charge in [-0.15, -0.1) is 0 Å². The van der Waals surface area contributed by atoms with Gasteiger partial charge < -0.3 is 21.3 Å². The Kier molecular flexibility index (Phi) is 29.8. The molecule has 0 heterocycles. The number of carbonyl (C=O) groups excluding carboxylic acids is 3. The first kappa shape index (κ1) is 51.1. The van der Waals surface area contributed by atoms with Crippen LogP contribution < -0.4 is 21.3 Å². The van der Waals surface area contributed by atoms with Crippen molar-refractivity contribution in [1.29, 1.82) is 0 Å². The summed E-state index contributed by atoms with van der Waals surface area (Å²) in [6.07, 6.45) is 20.6. The maximum Gasteiger partial charge on any atom is 0.243 e. The molecule has 0 fully saturated rings. The number of amides is 3.